The number of hydrogen-bond donors (Lipinski definition) is 2. The number of aromatic nitrogens is 4. The first-order valence-corrected chi connectivity index (χ1v) is 16.4. The monoisotopic (exact) mass is 824 g/mol. The maximum atomic E-state index is 9.20. The standard InChI is InChI=1S/C24H16N2.C11H9N2.C7H14O2.Ir/c1-3-7-17(8-4-1)19-13-15-25-23-21(19)11-12-22-20(14-16-26-24(22)23)18-9-5-2-6-10-18;1-9-7-11(13-8-12-9)10-5-3-2-4-6-10;1-5(8)6-3-2-4-7(6)9;/h1-16H;2-5,7-8H,1H3;5-9H,2-4H2,1H3;/q;-1;;. The predicted molar refractivity (Wildman–Crippen MR) is 194 cm³/mol. The SMILES string of the molecule is CC(O)C1CCCC1O.Cc1cc(-c2[c-]cccc2)ncn1.[Ir].c1ccc(-c2ccnc3c2ccc2c(-c4ccccc4)ccnc23)cc1. The summed E-state index contributed by atoms with van der Waals surface area (Å²) in [4.78, 5) is 17.5. The third-order valence-corrected chi connectivity index (χ3v) is 8.73. The summed E-state index contributed by atoms with van der Waals surface area (Å²) >= 11 is 0. The Balaban J connectivity index is 0.000000169. The zero-order valence-corrected chi connectivity index (χ0v) is 30.0. The van der Waals surface area contributed by atoms with Crippen LogP contribution in [0.15, 0.2) is 134 Å². The first kappa shape index (κ1) is 35.7. The molecule has 3 atom stereocenters. The van der Waals surface area contributed by atoms with Crippen LogP contribution in [0.4, 0.5) is 0 Å². The molecule has 4 aromatic carbocycles. The minimum Gasteiger partial charge on any atom is -0.393 e. The molecule has 0 aliphatic heterocycles. The molecule has 6 nitrogen and oxygen atoms in total. The van der Waals surface area contributed by atoms with E-state index in [9.17, 15) is 5.11 Å². The van der Waals surface area contributed by atoms with Crippen molar-refractivity contribution in [3.8, 4) is 33.5 Å². The number of nitrogens with zero attached hydrogens (tertiary/aromatic N) is 4. The van der Waals surface area contributed by atoms with Gasteiger partial charge in [0.15, 0.2) is 0 Å². The molecule has 7 heteroatoms. The summed E-state index contributed by atoms with van der Waals surface area (Å²) in [6.45, 7) is 3.70. The Hall–Kier alpha value is -4.65. The maximum absolute atomic E-state index is 9.20. The van der Waals surface area contributed by atoms with Crippen LogP contribution >= 0.6 is 0 Å². The Morgan fingerprint density at radius 3 is 1.71 bits per heavy atom. The molecule has 0 bridgehead atoms. The van der Waals surface area contributed by atoms with E-state index in [1.807, 2.05) is 61.8 Å². The molecule has 3 aromatic heterocycles. The first-order chi connectivity index (χ1) is 23.5. The molecule has 3 unspecified atom stereocenters. The summed E-state index contributed by atoms with van der Waals surface area (Å²) in [6.07, 6.45) is 7.67. The zero-order chi connectivity index (χ0) is 33.3. The van der Waals surface area contributed by atoms with Gasteiger partial charge in [-0.05, 0) is 66.8 Å². The number of benzene rings is 4. The predicted octanol–water partition coefficient (Wildman–Crippen LogP) is 8.89. The molecular formula is C42H39IrN4O2-. The third kappa shape index (κ3) is 8.69. The van der Waals surface area contributed by atoms with Crippen molar-refractivity contribution in [2.45, 2.75) is 45.3 Å². The van der Waals surface area contributed by atoms with Crippen LogP contribution in [0.2, 0.25) is 0 Å². The summed E-state index contributed by atoms with van der Waals surface area (Å²) in [5, 5.41) is 20.5. The Labute approximate surface area is 301 Å². The molecule has 49 heavy (non-hydrogen) atoms. The van der Waals surface area contributed by atoms with Crippen LogP contribution in [-0.2, 0) is 20.1 Å². The molecule has 3 heterocycles. The van der Waals surface area contributed by atoms with Crippen molar-refractivity contribution < 1.29 is 30.3 Å². The van der Waals surface area contributed by atoms with Crippen LogP contribution in [0.3, 0.4) is 0 Å². The van der Waals surface area contributed by atoms with Gasteiger partial charge in [0.1, 0.15) is 6.33 Å². The van der Waals surface area contributed by atoms with Gasteiger partial charge in [0, 0.05) is 54.9 Å². The van der Waals surface area contributed by atoms with Gasteiger partial charge >= 0.3 is 0 Å². The Bertz CT molecular complexity index is 1980. The van der Waals surface area contributed by atoms with Crippen molar-refractivity contribution in [3.05, 3.63) is 146 Å². The van der Waals surface area contributed by atoms with E-state index in [1.54, 1.807) is 13.3 Å². The van der Waals surface area contributed by atoms with Crippen LogP contribution in [0.25, 0.3) is 55.3 Å². The van der Waals surface area contributed by atoms with E-state index in [-0.39, 0.29) is 38.2 Å². The van der Waals surface area contributed by atoms with Crippen LogP contribution in [0.1, 0.15) is 31.9 Å². The molecule has 7 aromatic rings. The molecule has 0 spiro atoms. The fourth-order valence-corrected chi connectivity index (χ4v) is 6.25. The molecule has 1 radical (unpaired) electrons. The Morgan fingerprint density at radius 2 is 1.27 bits per heavy atom. The second-order valence-corrected chi connectivity index (χ2v) is 12.0. The minimum absolute atomic E-state index is 0. The van der Waals surface area contributed by atoms with Crippen LogP contribution < -0.4 is 0 Å². The summed E-state index contributed by atoms with van der Waals surface area (Å²) in [6, 6.07) is 42.2. The van der Waals surface area contributed by atoms with Gasteiger partial charge in [0.05, 0.1) is 23.2 Å². The van der Waals surface area contributed by atoms with Crippen molar-refractivity contribution in [3.63, 3.8) is 0 Å². The number of aliphatic hydroxyl groups is 2. The molecule has 1 aliphatic rings. The van der Waals surface area contributed by atoms with Gasteiger partial charge in [0.25, 0.3) is 0 Å². The average Bonchev–Trinajstić information content (AvgIpc) is 3.59. The summed E-state index contributed by atoms with van der Waals surface area (Å²) in [5.74, 6) is 0.144. The number of aryl methyl sites for hydroxylation is 1. The van der Waals surface area contributed by atoms with Crippen LogP contribution in [-0.4, -0.2) is 42.4 Å². The van der Waals surface area contributed by atoms with Crippen molar-refractivity contribution >= 4 is 21.8 Å². The molecule has 249 valence electrons. The van der Waals surface area contributed by atoms with Gasteiger partial charge in [-0.2, -0.15) is 0 Å². The Kier molecular flexibility index (Phi) is 12.5. The zero-order valence-electron chi connectivity index (χ0n) is 27.6. The number of pyridine rings is 2. The van der Waals surface area contributed by atoms with Crippen molar-refractivity contribution in [1.82, 2.24) is 19.9 Å². The largest absolute Gasteiger partial charge is 0.393 e. The molecule has 1 aliphatic carbocycles. The third-order valence-electron chi connectivity index (χ3n) is 8.73. The van der Waals surface area contributed by atoms with Crippen LogP contribution in [0, 0.1) is 18.9 Å². The van der Waals surface area contributed by atoms with Gasteiger partial charge in [-0.25, -0.2) is 4.98 Å². The molecule has 1 fully saturated rings. The van der Waals surface area contributed by atoms with E-state index in [4.69, 9.17) is 5.11 Å². The van der Waals surface area contributed by atoms with Gasteiger partial charge in [-0.3, -0.25) is 15.0 Å². The van der Waals surface area contributed by atoms with E-state index >= 15 is 0 Å². The summed E-state index contributed by atoms with van der Waals surface area (Å²) in [5.41, 5.74) is 9.55. The van der Waals surface area contributed by atoms with Crippen LogP contribution in [0.5, 0.6) is 0 Å². The molecule has 0 amide bonds. The van der Waals surface area contributed by atoms with Gasteiger partial charge in [-0.1, -0.05) is 85.3 Å². The molecular weight excluding hydrogens is 785 g/mol. The van der Waals surface area contributed by atoms with Crippen molar-refractivity contribution in [1.29, 1.82) is 0 Å². The first-order valence-electron chi connectivity index (χ1n) is 16.4. The normalized spacial score (nSPS) is 15.7. The van der Waals surface area contributed by atoms with Crippen molar-refractivity contribution in [2.75, 3.05) is 0 Å². The second kappa shape index (κ2) is 17.1. The number of hydrogen-bond acceptors (Lipinski definition) is 6. The van der Waals surface area contributed by atoms with E-state index in [0.717, 1.165) is 58.0 Å². The number of rotatable bonds is 4. The van der Waals surface area contributed by atoms with Crippen molar-refractivity contribution in [2.24, 2.45) is 5.92 Å². The molecule has 2 N–H and O–H groups in total. The number of aliphatic hydroxyl groups excluding tert-OH is 2. The van der Waals surface area contributed by atoms with Gasteiger partial charge in [-0.15, -0.1) is 35.9 Å². The fourth-order valence-electron chi connectivity index (χ4n) is 6.25. The molecule has 8 rings (SSSR count). The van der Waals surface area contributed by atoms with E-state index in [0.29, 0.717) is 0 Å². The molecule has 0 saturated heterocycles. The van der Waals surface area contributed by atoms with E-state index < -0.39 is 0 Å². The summed E-state index contributed by atoms with van der Waals surface area (Å²) in [7, 11) is 0. The summed E-state index contributed by atoms with van der Waals surface area (Å²) < 4.78 is 0. The average molecular weight is 824 g/mol. The molecule has 1 saturated carbocycles. The minimum atomic E-state index is -0.331. The Morgan fingerprint density at radius 1 is 0.694 bits per heavy atom. The number of fused-ring (bicyclic) bond motifs is 3. The maximum Gasteiger partial charge on any atom is 0.105 e. The van der Waals surface area contributed by atoms with Gasteiger partial charge in [0.2, 0.25) is 0 Å². The second-order valence-electron chi connectivity index (χ2n) is 12.0. The van der Waals surface area contributed by atoms with E-state index in [1.165, 1.54) is 22.3 Å². The topological polar surface area (TPSA) is 92.0 Å². The fraction of sp³-hybridized carbons (Fsp3) is 0.190. The smallest absolute Gasteiger partial charge is 0.105 e. The van der Waals surface area contributed by atoms with Gasteiger partial charge < -0.3 is 10.2 Å². The quantitative estimate of drug-likeness (QED) is 0.136. The van der Waals surface area contributed by atoms with E-state index in [2.05, 4.69) is 98.8 Å².